The summed E-state index contributed by atoms with van der Waals surface area (Å²) in [6, 6.07) is 0. The zero-order valence-electron chi connectivity index (χ0n) is 12.8. The Hall–Kier alpha value is -1.34. The van der Waals surface area contributed by atoms with Crippen LogP contribution in [0.15, 0.2) is 0 Å². The Labute approximate surface area is 119 Å². The smallest absolute Gasteiger partial charge is 0.410 e. The summed E-state index contributed by atoms with van der Waals surface area (Å²) in [5, 5.41) is 1.15. The highest BCUT2D eigenvalue weighted by atomic mass is 16.7. The number of carbonyl (C=O) groups is 2. The van der Waals surface area contributed by atoms with E-state index in [4.69, 9.17) is 14.3 Å². The molecule has 2 amide bonds. The van der Waals surface area contributed by atoms with E-state index in [9.17, 15) is 9.59 Å². The van der Waals surface area contributed by atoms with Crippen molar-refractivity contribution in [1.29, 1.82) is 0 Å². The second-order valence-corrected chi connectivity index (χ2v) is 5.70. The van der Waals surface area contributed by atoms with Gasteiger partial charge in [0.05, 0.1) is 32.8 Å². The fourth-order valence-electron chi connectivity index (χ4n) is 1.76. The zero-order valence-corrected chi connectivity index (χ0v) is 12.8. The van der Waals surface area contributed by atoms with Crippen molar-refractivity contribution in [2.24, 2.45) is 0 Å². The number of rotatable bonds is 3. The number of hydroxylamine groups is 2. The molecule has 20 heavy (non-hydrogen) atoms. The molecule has 1 aliphatic heterocycles. The Morgan fingerprint density at radius 3 is 2.60 bits per heavy atom. The van der Waals surface area contributed by atoms with Crippen LogP contribution in [-0.2, 0) is 19.1 Å². The molecule has 1 rings (SSSR count). The van der Waals surface area contributed by atoms with Crippen LogP contribution in [0.4, 0.5) is 4.79 Å². The van der Waals surface area contributed by atoms with Crippen molar-refractivity contribution in [3.63, 3.8) is 0 Å². The van der Waals surface area contributed by atoms with Gasteiger partial charge in [-0.3, -0.25) is 9.63 Å². The molecule has 0 aromatic carbocycles. The summed E-state index contributed by atoms with van der Waals surface area (Å²) in [4.78, 5) is 30.1. The van der Waals surface area contributed by atoms with Crippen molar-refractivity contribution in [1.82, 2.24) is 9.96 Å². The molecule has 1 heterocycles. The van der Waals surface area contributed by atoms with Gasteiger partial charge in [-0.2, -0.15) is 0 Å². The van der Waals surface area contributed by atoms with Crippen molar-refractivity contribution >= 4 is 12.0 Å². The molecule has 1 atom stereocenters. The molecule has 0 N–H and O–H groups in total. The molecule has 0 saturated carbocycles. The van der Waals surface area contributed by atoms with Crippen LogP contribution >= 0.6 is 0 Å². The second-order valence-electron chi connectivity index (χ2n) is 5.70. The van der Waals surface area contributed by atoms with Gasteiger partial charge in [0.15, 0.2) is 0 Å². The fraction of sp³-hybridized carbons (Fsp3) is 0.846. The predicted molar refractivity (Wildman–Crippen MR) is 71.9 cm³/mol. The summed E-state index contributed by atoms with van der Waals surface area (Å²) in [5.74, 6) is -0.191. The lowest BCUT2D eigenvalue weighted by Crippen LogP contribution is -2.48. The van der Waals surface area contributed by atoms with Crippen LogP contribution in [0.3, 0.4) is 0 Å². The van der Waals surface area contributed by atoms with E-state index in [0.29, 0.717) is 19.7 Å². The minimum absolute atomic E-state index is 0.170. The van der Waals surface area contributed by atoms with Gasteiger partial charge in [-0.15, -0.1) is 0 Å². The van der Waals surface area contributed by atoms with Gasteiger partial charge in [0, 0.05) is 13.6 Å². The third-order valence-electron chi connectivity index (χ3n) is 2.82. The van der Waals surface area contributed by atoms with Gasteiger partial charge in [0.25, 0.3) is 0 Å². The van der Waals surface area contributed by atoms with Crippen molar-refractivity contribution in [3.05, 3.63) is 0 Å². The van der Waals surface area contributed by atoms with E-state index >= 15 is 0 Å². The average Bonchev–Trinajstić information content (AvgIpc) is 2.36. The molecule has 116 valence electrons. The number of hydrogen-bond donors (Lipinski definition) is 0. The molecule has 0 aliphatic carbocycles. The topological polar surface area (TPSA) is 68.3 Å². The first-order valence-corrected chi connectivity index (χ1v) is 6.63. The first-order chi connectivity index (χ1) is 9.23. The number of carbonyl (C=O) groups excluding carboxylic acids is 2. The van der Waals surface area contributed by atoms with Crippen molar-refractivity contribution < 1.29 is 23.9 Å². The van der Waals surface area contributed by atoms with Crippen LogP contribution in [0.25, 0.3) is 0 Å². The number of amides is 2. The Morgan fingerprint density at radius 1 is 1.40 bits per heavy atom. The van der Waals surface area contributed by atoms with Gasteiger partial charge < -0.3 is 14.4 Å². The molecule has 1 saturated heterocycles. The summed E-state index contributed by atoms with van der Waals surface area (Å²) in [5.41, 5.74) is -0.531. The summed E-state index contributed by atoms with van der Waals surface area (Å²) in [6.07, 6.45) is -0.538. The van der Waals surface area contributed by atoms with Crippen molar-refractivity contribution in [2.75, 3.05) is 33.9 Å². The van der Waals surface area contributed by atoms with Crippen LogP contribution in [0.5, 0.6) is 0 Å². The molecular weight excluding hydrogens is 264 g/mol. The average molecular weight is 288 g/mol. The van der Waals surface area contributed by atoms with Gasteiger partial charge in [-0.1, -0.05) is 0 Å². The highest BCUT2D eigenvalue weighted by molar-refractivity contribution is 5.75. The van der Waals surface area contributed by atoms with Gasteiger partial charge >= 0.3 is 6.09 Å². The van der Waals surface area contributed by atoms with Gasteiger partial charge in [0.2, 0.25) is 5.91 Å². The molecule has 1 aliphatic rings. The predicted octanol–water partition coefficient (Wildman–Crippen LogP) is 1.03. The Morgan fingerprint density at radius 2 is 2.05 bits per heavy atom. The molecule has 0 radical (unpaired) electrons. The lowest BCUT2D eigenvalue weighted by atomic mass is 10.2. The highest BCUT2D eigenvalue weighted by Crippen LogP contribution is 2.15. The van der Waals surface area contributed by atoms with Crippen molar-refractivity contribution in [2.45, 2.75) is 38.9 Å². The van der Waals surface area contributed by atoms with Crippen LogP contribution in [0, 0.1) is 0 Å². The number of hydrogen-bond acceptors (Lipinski definition) is 5. The van der Waals surface area contributed by atoms with E-state index < -0.39 is 5.60 Å². The third-order valence-corrected chi connectivity index (χ3v) is 2.82. The van der Waals surface area contributed by atoms with Gasteiger partial charge in [0.1, 0.15) is 5.60 Å². The summed E-state index contributed by atoms with van der Waals surface area (Å²) >= 11 is 0. The normalized spacial score (nSPS) is 19.6. The maximum absolute atomic E-state index is 12.0. The van der Waals surface area contributed by atoms with E-state index in [-0.39, 0.29) is 24.5 Å². The van der Waals surface area contributed by atoms with E-state index in [1.165, 1.54) is 14.2 Å². The van der Waals surface area contributed by atoms with E-state index in [0.717, 1.165) is 5.06 Å². The molecule has 0 aromatic rings. The summed E-state index contributed by atoms with van der Waals surface area (Å²) < 4.78 is 10.8. The molecule has 7 heteroatoms. The Bertz CT molecular complexity index is 353. The summed E-state index contributed by atoms with van der Waals surface area (Å²) in [6.45, 7) is 6.67. The van der Waals surface area contributed by atoms with Crippen LogP contribution in [0.2, 0.25) is 0 Å². The van der Waals surface area contributed by atoms with E-state index in [2.05, 4.69) is 0 Å². The van der Waals surface area contributed by atoms with Crippen LogP contribution < -0.4 is 0 Å². The maximum atomic E-state index is 12.0. The minimum Gasteiger partial charge on any atom is -0.444 e. The first kappa shape index (κ1) is 16.7. The standard InChI is InChI=1S/C13H24N2O5/c1-13(2,3)20-12(17)15-6-7-19-10(9-15)8-11(16)14(4)18-5/h10H,6-9H2,1-5H3. The zero-order chi connectivity index (χ0) is 15.3. The van der Waals surface area contributed by atoms with Crippen molar-refractivity contribution in [3.8, 4) is 0 Å². The number of morpholine rings is 1. The molecule has 7 nitrogen and oxygen atoms in total. The van der Waals surface area contributed by atoms with Gasteiger partial charge in [-0.25, -0.2) is 9.86 Å². The largest absolute Gasteiger partial charge is 0.444 e. The number of nitrogens with zero attached hydrogens (tertiary/aromatic N) is 2. The Balaban J connectivity index is 2.50. The maximum Gasteiger partial charge on any atom is 0.410 e. The fourth-order valence-corrected chi connectivity index (χ4v) is 1.76. The molecule has 0 aromatic heterocycles. The summed E-state index contributed by atoms with van der Waals surface area (Å²) in [7, 11) is 2.96. The second kappa shape index (κ2) is 6.90. The highest BCUT2D eigenvalue weighted by Gasteiger charge is 2.29. The van der Waals surface area contributed by atoms with Crippen LogP contribution in [0.1, 0.15) is 27.2 Å². The molecule has 0 bridgehead atoms. The van der Waals surface area contributed by atoms with E-state index in [1.807, 2.05) is 20.8 Å². The van der Waals surface area contributed by atoms with Crippen LogP contribution in [-0.4, -0.2) is 67.5 Å². The first-order valence-electron chi connectivity index (χ1n) is 6.63. The lowest BCUT2D eigenvalue weighted by molar-refractivity contribution is -0.172. The minimum atomic E-state index is -0.531. The lowest BCUT2D eigenvalue weighted by Gasteiger charge is -2.34. The number of ether oxygens (including phenoxy) is 2. The quantitative estimate of drug-likeness (QED) is 0.726. The SMILES string of the molecule is CON(C)C(=O)CC1CN(C(=O)OC(C)(C)C)CCO1. The van der Waals surface area contributed by atoms with E-state index in [1.54, 1.807) is 4.90 Å². The molecule has 1 unspecified atom stereocenters. The molecular formula is C13H24N2O5. The Kier molecular flexibility index (Phi) is 5.76. The molecule has 0 spiro atoms. The third kappa shape index (κ3) is 5.34. The monoisotopic (exact) mass is 288 g/mol. The van der Waals surface area contributed by atoms with Gasteiger partial charge in [-0.05, 0) is 20.8 Å². The molecule has 1 fully saturated rings.